The van der Waals surface area contributed by atoms with Gasteiger partial charge in [0, 0.05) is 43.9 Å². The predicted octanol–water partition coefficient (Wildman–Crippen LogP) is 13.8. The van der Waals surface area contributed by atoms with Crippen molar-refractivity contribution in [2.24, 2.45) is 0 Å². The van der Waals surface area contributed by atoms with Crippen molar-refractivity contribution in [3.8, 4) is 51.0 Å². The van der Waals surface area contributed by atoms with Gasteiger partial charge in [-0.3, -0.25) is 0 Å². The molecule has 0 aliphatic heterocycles. The molecule has 3 heterocycles. The number of nitrogens with zero attached hydrogens (tertiary/aromatic N) is 4. The van der Waals surface area contributed by atoms with Gasteiger partial charge < -0.3 is 8.98 Å². The Kier molecular flexibility index (Phi) is 7.16. The van der Waals surface area contributed by atoms with Crippen LogP contribution in [-0.4, -0.2) is 19.5 Å². The van der Waals surface area contributed by atoms with Crippen LogP contribution in [0.15, 0.2) is 199 Å². The second-order valence-electron chi connectivity index (χ2n) is 14.9. The molecular formula is C53H32N4O. The second-order valence-corrected chi connectivity index (χ2v) is 14.9. The number of hydrogen-bond acceptors (Lipinski definition) is 4. The third-order valence-corrected chi connectivity index (χ3v) is 11.4. The molecule has 0 bridgehead atoms. The van der Waals surface area contributed by atoms with Gasteiger partial charge in [-0.15, -0.1) is 0 Å². The highest BCUT2D eigenvalue weighted by Gasteiger charge is 2.18. The molecule has 58 heavy (non-hydrogen) atoms. The zero-order valence-electron chi connectivity index (χ0n) is 31.2. The van der Waals surface area contributed by atoms with Gasteiger partial charge in [0.2, 0.25) is 0 Å². The van der Waals surface area contributed by atoms with Crippen molar-refractivity contribution in [3.05, 3.63) is 194 Å². The zero-order chi connectivity index (χ0) is 38.2. The normalized spacial score (nSPS) is 11.8. The Bertz CT molecular complexity index is 3490. The summed E-state index contributed by atoms with van der Waals surface area (Å²) in [6.45, 7) is 0. The second kappa shape index (κ2) is 12.8. The highest BCUT2D eigenvalue weighted by atomic mass is 16.3. The van der Waals surface area contributed by atoms with Gasteiger partial charge in [-0.1, -0.05) is 127 Å². The Labute approximate surface area is 333 Å². The van der Waals surface area contributed by atoms with E-state index in [-0.39, 0.29) is 0 Å². The zero-order valence-corrected chi connectivity index (χ0v) is 31.2. The van der Waals surface area contributed by atoms with Crippen molar-refractivity contribution in [1.29, 1.82) is 0 Å². The lowest BCUT2D eigenvalue weighted by molar-refractivity contribution is 0.669. The lowest BCUT2D eigenvalue weighted by Crippen LogP contribution is -2.00. The summed E-state index contributed by atoms with van der Waals surface area (Å²) in [6.07, 6.45) is 0. The smallest absolute Gasteiger partial charge is 0.164 e. The number of para-hydroxylation sites is 1. The summed E-state index contributed by atoms with van der Waals surface area (Å²) in [5.74, 6) is 1.84. The van der Waals surface area contributed by atoms with Crippen LogP contribution in [0.3, 0.4) is 0 Å². The van der Waals surface area contributed by atoms with Gasteiger partial charge in [0.1, 0.15) is 11.2 Å². The Balaban J connectivity index is 1.01. The van der Waals surface area contributed by atoms with E-state index in [1.165, 1.54) is 43.4 Å². The van der Waals surface area contributed by atoms with E-state index in [1.807, 2.05) is 60.7 Å². The average molecular weight is 741 g/mol. The summed E-state index contributed by atoms with van der Waals surface area (Å²) >= 11 is 0. The average Bonchev–Trinajstić information content (AvgIpc) is 3.82. The molecule has 0 N–H and O–H groups in total. The lowest BCUT2D eigenvalue weighted by atomic mass is 10.0. The molecule has 0 amide bonds. The first-order chi connectivity index (χ1) is 28.7. The van der Waals surface area contributed by atoms with Crippen molar-refractivity contribution < 1.29 is 4.42 Å². The molecule has 5 heteroatoms. The van der Waals surface area contributed by atoms with E-state index in [2.05, 4.69) is 138 Å². The molecule has 0 atom stereocenters. The van der Waals surface area contributed by atoms with Crippen molar-refractivity contribution >= 4 is 65.3 Å². The summed E-state index contributed by atoms with van der Waals surface area (Å²) in [4.78, 5) is 15.2. The van der Waals surface area contributed by atoms with Crippen molar-refractivity contribution in [1.82, 2.24) is 19.5 Å². The van der Waals surface area contributed by atoms with E-state index in [0.717, 1.165) is 55.4 Å². The number of benzene rings is 9. The highest BCUT2D eigenvalue weighted by Crippen LogP contribution is 2.39. The maximum Gasteiger partial charge on any atom is 0.164 e. The van der Waals surface area contributed by atoms with Crippen LogP contribution in [0.4, 0.5) is 0 Å². The lowest BCUT2D eigenvalue weighted by Gasteiger charge is -2.12. The number of hydrogen-bond donors (Lipinski definition) is 0. The molecule has 0 saturated carbocycles. The maximum atomic E-state index is 6.14. The fraction of sp³-hybridized carbons (Fsp3) is 0. The molecule has 0 aliphatic carbocycles. The Hall–Kier alpha value is -7.89. The summed E-state index contributed by atoms with van der Waals surface area (Å²) in [7, 11) is 0. The molecule has 0 spiro atoms. The van der Waals surface area contributed by atoms with E-state index in [4.69, 9.17) is 19.4 Å². The van der Waals surface area contributed by atoms with Crippen LogP contribution >= 0.6 is 0 Å². The quantitative estimate of drug-likeness (QED) is 0.176. The van der Waals surface area contributed by atoms with Crippen LogP contribution in [0, 0.1) is 0 Å². The first-order valence-corrected chi connectivity index (χ1v) is 19.5. The molecule has 0 radical (unpaired) electrons. The van der Waals surface area contributed by atoms with Crippen LogP contribution in [0.2, 0.25) is 0 Å². The third kappa shape index (κ3) is 5.29. The Morgan fingerprint density at radius 1 is 0.310 bits per heavy atom. The summed E-state index contributed by atoms with van der Waals surface area (Å²) < 4.78 is 8.56. The van der Waals surface area contributed by atoms with Gasteiger partial charge in [0.05, 0.1) is 11.0 Å². The van der Waals surface area contributed by atoms with E-state index < -0.39 is 0 Å². The van der Waals surface area contributed by atoms with E-state index >= 15 is 0 Å². The van der Waals surface area contributed by atoms with Crippen molar-refractivity contribution in [2.75, 3.05) is 0 Å². The minimum atomic E-state index is 0.606. The minimum Gasteiger partial charge on any atom is -0.456 e. The molecule has 5 nitrogen and oxygen atoms in total. The molecule has 3 aromatic heterocycles. The number of fused-ring (bicyclic) bond motifs is 8. The monoisotopic (exact) mass is 740 g/mol. The predicted molar refractivity (Wildman–Crippen MR) is 238 cm³/mol. The van der Waals surface area contributed by atoms with Crippen LogP contribution in [0.25, 0.3) is 116 Å². The molecule has 0 aliphatic rings. The molecular weight excluding hydrogens is 709 g/mol. The molecule has 0 fully saturated rings. The molecule has 12 aromatic rings. The van der Waals surface area contributed by atoms with E-state index in [1.54, 1.807) is 0 Å². The fourth-order valence-corrected chi connectivity index (χ4v) is 8.54. The first-order valence-electron chi connectivity index (χ1n) is 19.5. The molecule has 270 valence electrons. The van der Waals surface area contributed by atoms with Crippen LogP contribution < -0.4 is 0 Å². The highest BCUT2D eigenvalue weighted by molar-refractivity contribution is 6.16. The molecule has 12 rings (SSSR count). The Morgan fingerprint density at radius 2 is 0.810 bits per heavy atom. The van der Waals surface area contributed by atoms with Gasteiger partial charge in [0.15, 0.2) is 17.5 Å². The molecule has 9 aromatic carbocycles. The molecule has 0 saturated heterocycles. The van der Waals surface area contributed by atoms with Gasteiger partial charge in [-0.05, 0) is 99.4 Å². The van der Waals surface area contributed by atoms with Crippen LogP contribution in [0.5, 0.6) is 0 Å². The van der Waals surface area contributed by atoms with Gasteiger partial charge >= 0.3 is 0 Å². The number of furan rings is 1. The standard InChI is InChI=1S/C53H32N4O/c1-2-12-33(13-3-1)51-54-52(56-53(55-51)41-24-25-50-46(30-41)43-22-8-9-23-49(43)58-50)40-20-10-18-34(26-40)35-19-11-21-42(27-35)57-47-31-38-16-6-4-14-36(38)28-44(47)45-29-37-15-5-7-17-39(37)32-48(45)57/h1-32H. The third-order valence-electron chi connectivity index (χ3n) is 11.4. The fourth-order valence-electron chi connectivity index (χ4n) is 8.54. The van der Waals surface area contributed by atoms with Crippen LogP contribution in [-0.2, 0) is 0 Å². The SMILES string of the molecule is c1ccc(-c2nc(-c3cccc(-c4cccc(-n5c6cc7ccccc7cc6c6cc7ccccc7cc65)c4)c3)nc(-c3ccc4oc5ccccc5c4c3)n2)cc1. The minimum absolute atomic E-state index is 0.606. The number of aromatic nitrogens is 4. The first kappa shape index (κ1) is 32.4. The molecule has 0 unspecified atom stereocenters. The van der Waals surface area contributed by atoms with Crippen molar-refractivity contribution in [3.63, 3.8) is 0 Å². The topological polar surface area (TPSA) is 56.7 Å². The Morgan fingerprint density at radius 3 is 1.50 bits per heavy atom. The summed E-state index contributed by atoms with van der Waals surface area (Å²) in [5, 5.41) is 9.49. The largest absolute Gasteiger partial charge is 0.456 e. The number of rotatable bonds is 5. The summed E-state index contributed by atoms with van der Waals surface area (Å²) in [6, 6.07) is 68.3. The van der Waals surface area contributed by atoms with Gasteiger partial charge in [-0.2, -0.15) is 0 Å². The van der Waals surface area contributed by atoms with Crippen LogP contribution in [0.1, 0.15) is 0 Å². The summed E-state index contributed by atoms with van der Waals surface area (Å²) in [5.41, 5.74) is 10.1. The van der Waals surface area contributed by atoms with Gasteiger partial charge in [0.25, 0.3) is 0 Å². The van der Waals surface area contributed by atoms with E-state index in [9.17, 15) is 0 Å². The van der Waals surface area contributed by atoms with E-state index in [0.29, 0.717) is 17.5 Å². The maximum absolute atomic E-state index is 6.14. The van der Waals surface area contributed by atoms with Gasteiger partial charge in [-0.25, -0.2) is 15.0 Å². The van der Waals surface area contributed by atoms with Crippen molar-refractivity contribution in [2.45, 2.75) is 0 Å².